The van der Waals surface area contributed by atoms with Crippen LogP contribution >= 0.6 is 23.1 Å². The topological polar surface area (TPSA) is 106 Å². The Morgan fingerprint density at radius 2 is 2.00 bits per heavy atom. The summed E-state index contributed by atoms with van der Waals surface area (Å²) in [5.74, 6) is -0.0662. The van der Waals surface area contributed by atoms with Crippen molar-refractivity contribution in [1.29, 1.82) is 0 Å². The van der Waals surface area contributed by atoms with E-state index in [2.05, 4.69) is 25.8 Å². The quantitative estimate of drug-likeness (QED) is 0.401. The van der Waals surface area contributed by atoms with E-state index in [0.29, 0.717) is 21.6 Å². The molecule has 10 heteroatoms. The Morgan fingerprint density at radius 3 is 2.77 bits per heavy atom. The van der Waals surface area contributed by atoms with E-state index >= 15 is 0 Å². The number of carbonyl (C=O) groups is 2. The molecule has 3 rings (SSSR count). The molecule has 2 heterocycles. The van der Waals surface area contributed by atoms with E-state index in [1.807, 2.05) is 39.0 Å². The van der Waals surface area contributed by atoms with E-state index in [0.717, 1.165) is 16.8 Å². The van der Waals surface area contributed by atoms with Crippen molar-refractivity contribution in [1.82, 2.24) is 15.2 Å². The molecule has 0 bridgehead atoms. The van der Waals surface area contributed by atoms with Gasteiger partial charge in [0, 0.05) is 11.9 Å². The third-order valence-electron chi connectivity index (χ3n) is 3.91. The number of hydrogen-bond donors (Lipinski definition) is 2. The fourth-order valence-electron chi connectivity index (χ4n) is 2.57. The molecule has 2 aromatic heterocycles. The van der Waals surface area contributed by atoms with Gasteiger partial charge < -0.3 is 10.1 Å². The molecule has 8 nitrogen and oxygen atoms in total. The molecule has 0 aliphatic carbocycles. The molecule has 0 fully saturated rings. The Labute approximate surface area is 182 Å². The second-order valence-electron chi connectivity index (χ2n) is 6.27. The first kappa shape index (κ1) is 21.7. The molecular formula is C20H21N5O3S2. The summed E-state index contributed by atoms with van der Waals surface area (Å²) in [6.45, 7) is 6.18. The molecule has 0 unspecified atom stereocenters. The van der Waals surface area contributed by atoms with Gasteiger partial charge >= 0.3 is 0 Å². The van der Waals surface area contributed by atoms with Crippen LogP contribution in [0.1, 0.15) is 28.4 Å². The van der Waals surface area contributed by atoms with Crippen molar-refractivity contribution in [2.75, 3.05) is 23.0 Å². The first-order chi connectivity index (χ1) is 14.5. The van der Waals surface area contributed by atoms with Gasteiger partial charge in [-0.25, -0.2) is 4.98 Å². The van der Waals surface area contributed by atoms with E-state index in [1.54, 1.807) is 18.3 Å². The van der Waals surface area contributed by atoms with Gasteiger partial charge in [0.15, 0.2) is 4.34 Å². The summed E-state index contributed by atoms with van der Waals surface area (Å²) in [5.41, 5.74) is 3.26. The summed E-state index contributed by atoms with van der Waals surface area (Å²) in [6, 6.07) is 9.14. The zero-order valence-corrected chi connectivity index (χ0v) is 18.4. The van der Waals surface area contributed by atoms with Crippen molar-refractivity contribution in [3.63, 3.8) is 0 Å². The number of thioether (sulfide) groups is 1. The van der Waals surface area contributed by atoms with E-state index in [-0.39, 0.29) is 23.4 Å². The number of nitrogens with one attached hydrogen (secondary N) is 2. The zero-order chi connectivity index (χ0) is 21.5. The number of rotatable bonds is 8. The van der Waals surface area contributed by atoms with Crippen LogP contribution in [0.3, 0.4) is 0 Å². The van der Waals surface area contributed by atoms with Crippen LogP contribution in [-0.4, -0.2) is 39.4 Å². The first-order valence-corrected chi connectivity index (χ1v) is 11.0. The fraction of sp³-hybridized carbons (Fsp3) is 0.250. The highest BCUT2D eigenvalue weighted by Crippen LogP contribution is 2.27. The lowest BCUT2D eigenvalue weighted by Crippen LogP contribution is -2.14. The van der Waals surface area contributed by atoms with Gasteiger partial charge in [0.1, 0.15) is 5.56 Å². The van der Waals surface area contributed by atoms with E-state index in [1.165, 1.54) is 23.1 Å². The van der Waals surface area contributed by atoms with Crippen molar-refractivity contribution in [2.45, 2.75) is 25.1 Å². The number of pyridine rings is 1. The standard InChI is InChI=1S/C20H21N5O3S2/c1-4-28-18-14(6-5-9-21-18)17(27)23-19-24-25-20(30-19)29-11-16(26)22-15-8-7-12(2)10-13(15)3/h5-10H,4,11H2,1-3H3,(H,22,26)(H,23,24,27). The highest BCUT2D eigenvalue weighted by molar-refractivity contribution is 8.01. The van der Waals surface area contributed by atoms with E-state index < -0.39 is 0 Å². The maximum absolute atomic E-state index is 12.5. The summed E-state index contributed by atoms with van der Waals surface area (Å²) in [4.78, 5) is 28.8. The van der Waals surface area contributed by atoms with E-state index in [9.17, 15) is 9.59 Å². The van der Waals surface area contributed by atoms with Crippen molar-refractivity contribution >= 4 is 45.7 Å². The number of carbonyl (C=O) groups excluding carboxylic acids is 2. The predicted octanol–water partition coefficient (Wildman–Crippen LogP) is 3.93. The number of amides is 2. The van der Waals surface area contributed by atoms with Gasteiger partial charge in [0.05, 0.1) is 12.4 Å². The molecule has 0 spiro atoms. The smallest absolute Gasteiger partial charge is 0.262 e. The Morgan fingerprint density at radius 1 is 1.17 bits per heavy atom. The van der Waals surface area contributed by atoms with Crippen LogP contribution in [0, 0.1) is 13.8 Å². The van der Waals surface area contributed by atoms with Crippen molar-refractivity contribution in [3.8, 4) is 5.88 Å². The van der Waals surface area contributed by atoms with Gasteiger partial charge in [-0.3, -0.25) is 14.9 Å². The van der Waals surface area contributed by atoms with Crippen LogP contribution in [-0.2, 0) is 4.79 Å². The third kappa shape index (κ3) is 5.77. The molecule has 1 aromatic carbocycles. The fourth-order valence-corrected chi connectivity index (χ4v) is 4.11. The number of anilines is 2. The summed E-state index contributed by atoms with van der Waals surface area (Å²) >= 11 is 2.45. The molecular weight excluding hydrogens is 422 g/mol. The Bertz CT molecular complexity index is 1050. The highest BCUT2D eigenvalue weighted by atomic mass is 32.2. The van der Waals surface area contributed by atoms with Gasteiger partial charge in [-0.05, 0) is 44.5 Å². The number of ether oxygens (including phenoxy) is 1. The number of nitrogens with zero attached hydrogens (tertiary/aromatic N) is 3. The summed E-state index contributed by atoms with van der Waals surface area (Å²) < 4.78 is 5.96. The van der Waals surface area contributed by atoms with Crippen LogP contribution in [0.15, 0.2) is 40.9 Å². The van der Waals surface area contributed by atoms with Crippen LogP contribution in [0.2, 0.25) is 0 Å². The first-order valence-electron chi connectivity index (χ1n) is 9.19. The summed E-state index contributed by atoms with van der Waals surface area (Å²) in [6.07, 6.45) is 1.56. The molecule has 2 amide bonds. The van der Waals surface area contributed by atoms with Crippen molar-refractivity contribution in [2.24, 2.45) is 0 Å². The second kappa shape index (κ2) is 10.2. The molecule has 0 aliphatic heterocycles. The molecule has 0 aliphatic rings. The van der Waals surface area contributed by atoms with Crippen molar-refractivity contribution < 1.29 is 14.3 Å². The number of hydrogen-bond acceptors (Lipinski definition) is 8. The molecule has 156 valence electrons. The molecule has 3 aromatic rings. The summed E-state index contributed by atoms with van der Waals surface area (Å²) in [7, 11) is 0. The maximum Gasteiger partial charge on any atom is 0.262 e. The van der Waals surface area contributed by atoms with Crippen LogP contribution in [0.5, 0.6) is 5.88 Å². The monoisotopic (exact) mass is 443 g/mol. The largest absolute Gasteiger partial charge is 0.477 e. The average Bonchev–Trinajstić information content (AvgIpc) is 3.16. The van der Waals surface area contributed by atoms with Crippen LogP contribution in [0.25, 0.3) is 0 Å². The third-order valence-corrected chi connectivity index (χ3v) is 5.88. The highest BCUT2D eigenvalue weighted by Gasteiger charge is 2.16. The maximum atomic E-state index is 12.5. The van der Waals surface area contributed by atoms with Crippen LogP contribution < -0.4 is 15.4 Å². The zero-order valence-electron chi connectivity index (χ0n) is 16.8. The second-order valence-corrected chi connectivity index (χ2v) is 8.47. The molecule has 0 atom stereocenters. The average molecular weight is 444 g/mol. The minimum Gasteiger partial charge on any atom is -0.477 e. The summed E-state index contributed by atoms with van der Waals surface area (Å²) in [5, 5.41) is 13.9. The predicted molar refractivity (Wildman–Crippen MR) is 119 cm³/mol. The normalized spacial score (nSPS) is 10.5. The number of aromatic nitrogens is 3. The SMILES string of the molecule is CCOc1ncccc1C(=O)Nc1nnc(SCC(=O)Nc2ccc(C)cc2C)s1. The lowest BCUT2D eigenvalue weighted by Gasteiger charge is -2.08. The molecule has 0 saturated carbocycles. The Balaban J connectivity index is 1.55. The molecule has 0 radical (unpaired) electrons. The van der Waals surface area contributed by atoms with Crippen LogP contribution in [0.4, 0.5) is 10.8 Å². The minimum atomic E-state index is -0.383. The molecule has 2 N–H and O–H groups in total. The Hall–Kier alpha value is -2.98. The minimum absolute atomic E-state index is 0.135. The molecule has 30 heavy (non-hydrogen) atoms. The van der Waals surface area contributed by atoms with E-state index in [4.69, 9.17) is 4.74 Å². The number of aryl methyl sites for hydroxylation is 2. The van der Waals surface area contributed by atoms with Gasteiger partial charge in [0.2, 0.25) is 16.9 Å². The molecule has 0 saturated heterocycles. The number of benzene rings is 1. The lowest BCUT2D eigenvalue weighted by molar-refractivity contribution is -0.113. The van der Waals surface area contributed by atoms with Gasteiger partial charge in [0.25, 0.3) is 5.91 Å². The van der Waals surface area contributed by atoms with Gasteiger partial charge in [-0.15, -0.1) is 10.2 Å². The van der Waals surface area contributed by atoms with Crippen molar-refractivity contribution in [3.05, 3.63) is 53.2 Å². The van der Waals surface area contributed by atoms with Gasteiger partial charge in [-0.1, -0.05) is 40.8 Å². The van der Waals surface area contributed by atoms with Gasteiger partial charge in [-0.2, -0.15) is 0 Å². The lowest BCUT2D eigenvalue weighted by atomic mass is 10.1. The Kier molecular flexibility index (Phi) is 7.36.